The number of phenolic OH excluding ortho intramolecular Hbond substituents is 1. The zero-order chi connectivity index (χ0) is 21.2. The highest BCUT2D eigenvalue weighted by Gasteiger charge is 2.29. The number of nitrogens with one attached hydrogen (secondary N) is 1. The number of hydrogen-bond acceptors (Lipinski definition) is 6. The van der Waals surface area contributed by atoms with Crippen molar-refractivity contribution in [3.8, 4) is 11.5 Å². The Kier molecular flexibility index (Phi) is 9.70. The second kappa shape index (κ2) is 12.0. The van der Waals surface area contributed by atoms with Crippen molar-refractivity contribution in [1.29, 1.82) is 0 Å². The van der Waals surface area contributed by atoms with Crippen LogP contribution in [-0.2, 0) is 25.4 Å². The Bertz CT molecular complexity index is 676. The van der Waals surface area contributed by atoms with Crippen LogP contribution < -0.4 is 10.1 Å². The molecule has 7 nitrogen and oxygen atoms in total. The standard InChI is InChI=1S/C22H35NO6/c1-5-9-26-11-13-28-14-12-27-10-8-23-22(25)19-7-6-18-17(4)20(24)15(2)16(3)21(18)29-19/h19,24H,5-14H2,1-4H3,(H,23,25). The summed E-state index contributed by atoms with van der Waals surface area (Å²) in [6.07, 6.45) is 1.80. The van der Waals surface area contributed by atoms with Crippen molar-refractivity contribution in [3.63, 3.8) is 0 Å². The summed E-state index contributed by atoms with van der Waals surface area (Å²) in [6.45, 7) is 11.5. The van der Waals surface area contributed by atoms with Gasteiger partial charge in [-0.2, -0.15) is 0 Å². The van der Waals surface area contributed by atoms with Crippen molar-refractivity contribution < 1.29 is 28.8 Å². The minimum absolute atomic E-state index is 0.133. The monoisotopic (exact) mass is 409 g/mol. The van der Waals surface area contributed by atoms with E-state index in [4.69, 9.17) is 18.9 Å². The highest BCUT2D eigenvalue weighted by Crippen LogP contribution is 2.40. The summed E-state index contributed by atoms with van der Waals surface area (Å²) in [7, 11) is 0. The van der Waals surface area contributed by atoms with E-state index in [9.17, 15) is 9.90 Å². The molecule has 1 heterocycles. The Morgan fingerprint density at radius 2 is 1.62 bits per heavy atom. The Morgan fingerprint density at radius 1 is 1.00 bits per heavy atom. The molecular formula is C22H35NO6. The summed E-state index contributed by atoms with van der Waals surface area (Å²) in [4.78, 5) is 12.4. The van der Waals surface area contributed by atoms with Crippen LogP contribution in [0.15, 0.2) is 0 Å². The summed E-state index contributed by atoms with van der Waals surface area (Å²) in [5.41, 5.74) is 3.53. The van der Waals surface area contributed by atoms with E-state index in [1.807, 2.05) is 20.8 Å². The lowest BCUT2D eigenvalue weighted by Gasteiger charge is -2.29. The van der Waals surface area contributed by atoms with Crippen molar-refractivity contribution in [2.75, 3.05) is 46.2 Å². The molecule has 0 saturated heterocycles. The largest absolute Gasteiger partial charge is 0.507 e. The third-order valence-corrected chi connectivity index (χ3v) is 5.19. The Balaban J connectivity index is 1.65. The van der Waals surface area contributed by atoms with Gasteiger partial charge in [-0.1, -0.05) is 6.92 Å². The summed E-state index contributed by atoms with van der Waals surface area (Å²) < 4.78 is 22.2. The third kappa shape index (κ3) is 6.59. The number of amides is 1. The quantitative estimate of drug-likeness (QED) is 0.516. The molecule has 0 spiro atoms. The fourth-order valence-electron chi connectivity index (χ4n) is 3.34. The maximum absolute atomic E-state index is 12.4. The molecule has 0 saturated carbocycles. The molecule has 0 radical (unpaired) electrons. The first-order chi connectivity index (χ1) is 14.0. The van der Waals surface area contributed by atoms with Gasteiger partial charge in [0.25, 0.3) is 5.91 Å². The summed E-state index contributed by atoms with van der Waals surface area (Å²) >= 11 is 0. The molecule has 0 fully saturated rings. The number of benzene rings is 1. The molecule has 2 rings (SSSR count). The highest BCUT2D eigenvalue weighted by atomic mass is 16.5. The SMILES string of the molecule is CCCOCCOCCOCCNC(=O)C1CCc2c(C)c(O)c(C)c(C)c2O1. The van der Waals surface area contributed by atoms with Gasteiger partial charge in [-0.15, -0.1) is 0 Å². The van der Waals surface area contributed by atoms with Crippen LogP contribution in [0.1, 0.15) is 42.0 Å². The predicted molar refractivity (Wildman–Crippen MR) is 111 cm³/mol. The molecule has 0 bridgehead atoms. The van der Waals surface area contributed by atoms with Gasteiger partial charge in [0.15, 0.2) is 6.10 Å². The molecule has 1 aromatic rings. The second-order valence-electron chi connectivity index (χ2n) is 7.30. The van der Waals surface area contributed by atoms with Crippen LogP contribution in [0.4, 0.5) is 0 Å². The average molecular weight is 410 g/mol. The Morgan fingerprint density at radius 3 is 2.28 bits per heavy atom. The van der Waals surface area contributed by atoms with Gasteiger partial charge in [-0.3, -0.25) is 4.79 Å². The lowest BCUT2D eigenvalue weighted by molar-refractivity contribution is -0.128. The molecule has 1 aromatic carbocycles. The Hall–Kier alpha value is -1.83. The average Bonchev–Trinajstić information content (AvgIpc) is 2.74. The molecular weight excluding hydrogens is 374 g/mol. The topological polar surface area (TPSA) is 86.2 Å². The van der Waals surface area contributed by atoms with Gasteiger partial charge < -0.3 is 29.4 Å². The number of phenols is 1. The molecule has 0 aromatic heterocycles. The van der Waals surface area contributed by atoms with Crippen molar-refractivity contribution in [3.05, 3.63) is 22.3 Å². The molecule has 1 aliphatic heterocycles. The van der Waals surface area contributed by atoms with E-state index in [1.165, 1.54) is 0 Å². The zero-order valence-electron chi connectivity index (χ0n) is 18.1. The molecule has 1 atom stereocenters. The van der Waals surface area contributed by atoms with Crippen LogP contribution >= 0.6 is 0 Å². The highest BCUT2D eigenvalue weighted by molar-refractivity contribution is 5.81. The minimum atomic E-state index is -0.518. The van der Waals surface area contributed by atoms with Gasteiger partial charge in [0, 0.05) is 18.7 Å². The lowest BCUT2D eigenvalue weighted by atomic mass is 9.91. The predicted octanol–water partition coefficient (Wildman–Crippen LogP) is 2.59. The van der Waals surface area contributed by atoms with Gasteiger partial charge in [0.05, 0.1) is 33.0 Å². The summed E-state index contributed by atoms with van der Waals surface area (Å²) in [5.74, 6) is 0.925. The first-order valence-corrected chi connectivity index (χ1v) is 10.5. The molecule has 1 aliphatic rings. The van der Waals surface area contributed by atoms with E-state index in [-0.39, 0.29) is 5.91 Å². The van der Waals surface area contributed by atoms with Crippen molar-refractivity contribution in [1.82, 2.24) is 5.32 Å². The van der Waals surface area contributed by atoms with Gasteiger partial charge in [0.1, 0.15) is 11.5 Å². The van der Waals surface area contributed by atoms with E-state index in [0.29, 0.717) is 58.2 Å². The number of carbonyl (C=O) groups excluding carboxylic acids is 1. The van der Waals surface area contributed by atoms with Crippen molar-refractivity contribution in [2.45, 2.75) is 53.1 Å². The normalized spacial score (nSPS) is 15.7. The molecule has 0 aliphatic carbocycles. The molecule has 29 heavy (non-hydrogen) atoms. The Labute approximate surface area is 173 Å². The first kappa shape index (κ1) is 23.4. The van der Waals surface area contributed by atoms with Crippen molar-refractivity contribution >= 4 is 5.91 Å². The fourth-order valence-corrected chi connectivity index (χ4v) is 3.34. The lowest BCUT2D eigenvalue weighted by Crippen LogP contribution is -2.42. The first-order valence-electron chi connectivity index (χ1n) is 10.5. The maximum atomic E-state index is 12.4. The molecule has 164 valence electrons. The van der Waals surface area contributed by atoms with E-state index in [1.54, 1.807) is 0 Å². The zero-order valence-corrected chi connectivity index (χ0v) is 18.1. The van der Waals surface area contributed by atoms with Gasteiger partial charge in [-0.25, -0.2) is 0 Å². The smallest absolute Gasteiger partial charge is 0.261 e. The number of carbonyl (C=O) groups is 1. The number of hydrogen-bond donors (Lipinski definition) is 2. The van der Waals surface area contributed by atoms with Crippen LogP contribution in [0.5, 0.6) is 11.5 Å². The molecule has 2 N–H and O–H groups in total. The van der Waals surface area contributed by atoms with Crippen molar-refractivity contribution in [2.24, 2.45) is 0 Å². The fraction of sp³-hybridized carbons (Fsp3) is 0.682. The van der Waals surface area contributed by atoms with Gasteiger partial charge in [-0.05, 0) is 56.7 Å². The van der Waals surface area contributed by atoms with Crippen LogP contribution in [0.25, 0.3) is 0 Å². The van der Waals surface area contributed by atoms with Crippen LogP contribution in [0.2, 0.25) is 0 Å². The molecule has 1 unspecified atom stereocenters. The minimum Gasteiger partial charge on any atom is -0.507 e. The number of rotatable bonds is 12. The summed E-state index contributed by atoms with van der Waals surface area (Å²) in [5, 5.41) is 13.1. The molecule has 7 heteroatoms. The van der Waals surface area contributed by atoms with E-state index >= 15 is 0 Å². The molecule has 1 amide bonds. The van der Waals surface area contributed by atoms with E-state index in [2.05, 4.69) is 12.2 Å². The maximum Gasteiger partial charge on any atom is 0.261 e. The van der Waals surface area contributed by atoms with Crippen LogP contribution in [0.3, 0.4) is 0 Å². The summed E-state index contributed by atoms with van der Waals surface area (Å²) in [6, 6.07) is 0. The number of fused-ring (bicyclic) bond motifs is 1. The van der Waals surface area contributed by atoms with Crippen LogP contribution in [-0.4, -0.2) is 63.3 Å². The van der Waals surface area contributed by atoms with Crippen LogP contribution in [0, 0.1) is 20.8 Å². The third-order valence-electron chi connectivity index (χ3n) is 5.19. The van der Waals surface area contributed by atoms with E-state index in [0.717, 1.165) is 41.0 Å². The number of aromatic hydroxyl groups is 1. The van der Waals surface area contributed by atoms with Gasteiger partial charge in [0.2, 0.25) is 0 Å². The van der Waals surface area contributed by atoms with E-state index < -0.39 is 6.10 Å². The second-order valence-corrected chi connectivity index (χ2v) is 7.30. The number of ether oxygens (including phenoxy) is 4. The van der Waals surface area contributed by atoms with Gasteiger partial charge >= 0.3 is 0 Å².